The Bertz CT molecular complexity index is 627. The van der Waals surface area contributed by atoms with Crippen LogP contribution in [0.1, 0.15) is 71.8 Å². The normalized spacial score (nSPS) is 29.3. The van der Waals surface area contributed by atoms with Crippen molar-refractivity contribution in [1.82, 2.24) is 4.98 Å². The van der Waals surface area contributed by atoms with Crippen molar-refractivity contribution in [1.29, 1.82) is 0 Å². The molecule has 0 spiro atoms. The summed E-state index contributed by atoms with van der Waals surface area (Å²) in [6.07, 6.45) is 14.4. The Morgan fingerprint density at radius 3 is 2.69 bits per heavy atom. The maximum atomic E-state index is 4.40. The van der Waals surface area contributed by atoms with Crippen LogP contribution in [-0.4, -0.2) is 4.98 Å². The van der Waals surface area contributed by atoms with Crippen molar-refractivity contribution in [3.63, 3.8) is 0 Å². The summed E-state index contributed by atoms with van der Waals surface area (Å²) in [6, 6.07) is 4.32. The summed E-state index contributed by atoms with van der Waals surface area (Å²) in [7, 11) is 0. The third kappa shape index (κ3) is 3.97. The Hall–Kier alpha value is -1.37. The van der Waals surface area contributed by atoms with Crippen LogP contribution in [0.15, 0.2) is 42.8 Å². The van der Waals surface area contributed by atoms with Crippen molar-refractivity contribution in [3.8, 4) is 0 Å². The Morgan fingerprint density at radius 1 is 1.27 bits per heavy atom. The van der Waals surface area contributed by atoms with Crippen LogP contribution in [0.25, 0.3) is 5.57 Å². The zero-order valence-electron chi connectivity index (χ0n) is 17.2. The quantitative estimate of drug-likeness (QED) is 0.475. The maximum Gasteiger partial charge on any atom is 0.0343 e. The highest BCUT2D eigenvalue weighted by Crippen LogP contribution is 2.54. The SMILES string of the molecule is C=C(C)[C@H](CCC(C)C)[C@H]1CC[C@@H]2C(c3cccnc3)=CC[C@H]2[C@@H]1CC. The predicted molar refractivity (Wildman–Crippen MR) is 113 cm³/mol. The predicted octanol–water partition coefficient (Wildman–Crippen LogP) is 7.17. The van der Waals surface area contributed by atoms with Crippen LogP contribution in [0.3, 0.4) is 0 Å². The lowest BCUT2D eigenvalue weighted by Crippen LogP contribution is -2.37. The number of nitrogens with zero attached hydrogens (tertiary/aromatic N) is 1. The molecule has 0 radical (unpaired) electrons. The van der Waals surface area contributed by atoms with Crippen molar-refractivity contribution in [2.24, 2.45) is 35.5 Å². The average Bonchev–Trinajstić information content (AvgIpc) is 3.06. The average molecular weight is 352 g/mol. The largest absolute Gasteiger partial charge is 0.264 e. The van der Waals surface area contributed by atoms with Gasteiger partial charge in [0.2, 0.25) is 0 Å². The van der Waals surface area contributed by atoms with Crippen molar-refractivity contribution in [3.05, 3.63) is 48.3 Å². The van der Waals surface area contributed by atoms with Crippen molar-refractivity contribution < 1.29 is 0 Å². The van der Waals surface area contributed by atoms with Gasteiger partial charge in [0.05, 0.1) is 0 Å². The highest BCUT2D eigenvalue weighted by Gasteiger charge is 2.44. The molecular weight excluding hydrogens is 314 g/mol. The first-order valence-electron chi connectivity index (χ1n) is 10.8. The third-order valence-corrected chi connectivity index (χ3v) is 7.11. The molecule has 2 aliphatic carbocycles. The van der Waals surface area contributed by atoms with Gasteiger partial charge in [-0.25, -0.2) is 0 Å². The van der Waals surface area contributed by atoms with Crippen molar-refractivity contribution in [2.75, 3.05) is 0 Å². The van der Waals surface area contributed by atoms with E-state index >= 15 is 0 Å². The summed E-state index contributed by atoms with van der Waals surface area (Å²) < 4.78 is 0. The summed E-state index contributed by atoms with van der Waals surface area (Å²) in [4.78, 5) is 4.36. The van der Waals surface area contributed by atoms with E-state index in [0.29, 0.717) is 5.92 Å². The first-order chi connectivity index (χ1) is 12.5. The topological polar surface area (TPSA) is 12.9 Å². The summed E-state index contributed by atoms with van der Waals surface area (Å²) in [5.41, 5.74) is 4.35. The number of rotatable bonds is 7. The molecule has 3 rings (SSSR count). The zero-order valence-corrected chi connectivity index (χ0v) is 17.2. The Kier molecular flexibility index (Phi) is 6.37. The molecule has 0 aromatic carbocycles. The molecule has 1 nitrogen and oxygen atoms in total. The molecule has 142 valence electrons. The summed E-state index contributed by atoms with van der Waals surface area (Å²) in [6.45, 7) is 13.8. The Morgan fingerprint density at radius 2 is 2.08 bits per heavy atom. The van der Waals surface area contributed by atoms with Gasteiger partial charge in [0, 0.05) is 12.4 Å². The highest BCUT2D eigenvalue weighted by atomic mass is 14.6. The standard InChI is InChI=1S/C25H37N/c1-6-20-23(21(18(4)5)10-9-17(2)3)13-14-25-22(11-12-24(20)25)19-8-7-15-26-16-19/h7-8,11,15-17,20-21,23-25H,4,6,9-10,12-14H2,1-3,5H3/t20-,21+,23+,24+,25-/m1/s1. The van der Waals surface area contributed by atoms with Gasteiger partial charge in [-0.1, -0.05) is 57.9 Å². The second kappa shape index (κ2) is 8.55. The maximum absolute atomic E-state index is 4.40. The molecule has 0 amide bonds. The monoisotopic (exact) mass is 351 g/mol. The lowest BCUT2D eigenvalue weighted by atomic mass is 9.60. The number of aromatic nitrogens is 1. The van der Waals surface area contributed by atoms with Gasteiger partial charge < -0.3 is 0 Å². The number of fused-ring (bicyclic) bond motifs is 1. The van der Waals surface area contributed by atoms with Crippen LogP contribution in [0.4, 0.5) is 0 Å². The molecule has 1 heterocycles. The van der Waals surface area contributed by atoms with E-state index in [1.54, 1.807) is 5.57 Å². The molecular formula is C25H37N. The van der Waals surface area contributed by atoms with Crippen LogP contribution >= 0.6 is 0 Å². The van der Waals surface area contributed by atoms with Gasteiger partial charge in [-0.05, 0) is 85.3 Å². The molecule has 0 aliphatic heterocycles. The number of pyridine rings is 1. The van der Waals surface area contributed by atoms with E-state index in [-0.39, 0.29) is 0 Å². The van der Waals surface area contributed by atoms with Gasteiger partial charge in [-0.3, -0.25) is 4.98 Å². The van der Waals surface area contributed by atoms with Gasteiger partial charge in [-0.2, -0.15) is 0 Å². The zero-order chi connectivity index (χ0) is 18.7. The van der Waals surface area contributed by atoms with Crippen molar-refractivity contribution in [2.45, 2.75) is 66.2 Å². The van der Waals surface area contributed by atoms with E-state index in [1.807, 2.05) is 6.20 Å². The Balaban J connectivity index is 1.77. The molecule has 1 aromatic heterocycles. The number of allylic oxidation sites excluding steroid dienone is 3. The first-order valence-corrected chi connectivity index (χ1v) is 10.8. The number of hydrogen-bond acceptors (Lipinski definition) is 1. The fourth-order valence-corrected chi connectivity index (χ4v) is 5.87. The second-order valence-electron chi connectivity index (χ2n) is 9.14. The first kappa shape index (κ1) is 19.4. The summed E-state index contributed by atoms with van der Waals surface area (Å²) in [5.74, 6) is 4.75. The molecule has 1 saturated carbocycles. The van der Waals surface area contributed by atoms with E-state index < -0.39 is 0 Å². The van der Waals surface area contributed by atoms with Gasteiger partial charge in [-0.15, -0.1) is 0 Å². The van der Waals surface area contributed by atoms with Crippen LogP contribution in [-0.2, 0) is 0 Å². The molecule has 0 unspecified atom stereocenters. The summed E-state index contributed by atoms with van der Waals surface area (Å²) in [5, 5.41) is 0. The molecule has 0 saturated heterocycles. The van der Waals surface area contributed by atoms with Gasteiger partial charge in [0.25, 0.3) is 0 Å². The minimum Gasteiger partial charge on any atom is -0.264 e. The van der Waals surface area contributed by atoms with Crippen LogP contribution in [0.2, 0.25) is 0 Å². The van der Waals surface area contributed by atoms with E-state index in [4.69, 9.17) is 0 Å². The molecule has 1 fully saturated rings. The lowest BCUT2D eigenvalue weighted by molar-refractivity contribution is 0.0842. The molecule has 1 heteroatoms. The van der Waals surface area contributed by atoms with E-state index in [2.05, 4.69) is 63.7 Å². The fourth-order valence-electron chi connectivity index (χ4n) is 5.87. The van der Waals surface area contributed by atoms with E-state index in [1.165, 1.54) is 49.7 Å². The van der Waals surface area contributed by atoms with Gasteiger partial charge in [0.15, 0.2) is 0 Å². The molecule has 0 N–H and O–H groups in total. The molecule has 5 atom stereocenters. The van der Waals surface area contributed by atoms with Gasteiger partial charge >= 0.3 is 0 Å². The van der Waals surface area contributed by atoms with Crippen LogP contribution < -0.4 is 0 Å². The van der Waals surface area contributed by atoms with E-state index in [9.17, 15) is 0 Å². The molecule has 0 bridgehead atoms. The fraction of sp³-hybridized carbons (Fsp3) is 0.640. The molecule has 26 heavy (non-hydrogen) atoms. The third-order valence-electron chi connectivity index (χ3n) is 7.11. The smallest absolute Gasteiger partial charge is 0.0343 e. The van der Waals surface area contributed by atoms with Gasteiger partial charge in [0.1, 0.15) is 0 Å². The number of hydrogen-bond donors (Lipinski definition) is 0. The Labute approximate surface area is 161 Å². The van der Waals surface area contributed by atoms with Crippen LogP contribution in [0, 0.1) is 35.5 Å². The molecule has 1 aromatic rings. The minimum atomic E-state index is 0.714. The highest BCUT2D eigenvalue weighted by molar-refractivity contribution is 5.69. The van der Waals surface area contributed by atoms with E-state index in [0.717, 1.165) is 29.6 Å². The summed E-state index contributed by atoms with van der Waals surface area (Å²) >= 11 is 0. The lowest BCUT2D eigenvalue weighted by Gasteiger charge is -2.45. The van der Waals surface area contributed by atoms with Crippen LogP contribution in [0.5, 0.6) is 0 Å². The minimum absolute atomic E-state index is 0.714. The second-order valence-corrected chi connectivity index (χ2v) is 9.14. The molecule has 2 aliphatic rings. The van der Waals surface area contributed by atoms with Crippen molar-refractivity contribution >= 4 is 5.57 Å².